The molecular weight excluding hydrogens is 460 g/mol. The van der Waals surface area contributed by atoms with Gasteiger partial charge in [-0.05, 0) is 79.3 Å². The van der Waals surface area contributed by atoms with Crippen molar-refractivity contribution in [3.05, 3.63) is 86.5 Å². The highest BCUT2D eigenvalue weighted by Gasteiger charge is 2.30. The van der Waals surface area contributed by atoms with Gasteiger partial charge in [0.05, 0.1) is 12.1 Å². The first-order valence-electron chi connectivity index (χ1n) is 13.6. The Bertz CT molecular complexity index is 1410. The van der Waals surface area contributed by atoms with Crippen LogP contribution in [-0.2, 0) is 13.1 Å². The Labute approximate surface area is 218 Å². The highest BCUT2D eigenvalue weighted by atomic mass is 16.1. The molecule has 0 radical (unpaired) electrons. The lowest BCUT2D eigenvalue weighted by molar-refractivity contribution is 0.153. The quantitative estimate of drug-likeness (QED) is 0.302. The first-order chi connectivity index (χ1) is 17.9. The van der Waals surface area contributed by atoms with Gasteiger partial charge in [0.15, 0.2) is 5.82 Å². The lowest BCUT2D eigenvalue weighted by Gasteiger charge is -2.31. The molecule has 1 aliphatic rings. The number of pyridine rings is 1. The van der Waals surface area contributed by atoms with E-state index in [0.717, 1.165) is 53.5 Å². The fraction of sp³-hybridized carbons (Fsp3) is 0.467. The first kappa shape index (κ1) is 25.3. The monoisotopic (exact) mass is 498 g/mol. The van der Waals surface area contributed by atoms with E-state index in [0.29, 0.717) is 19.1 Å². The van der Waals surface area contributed by atoms with E-state index in [4.69, 9.17) is 0 Å². The molecule has 1 saturated carbocycles. The molecule has 0 bridgehead atoms. The molecule has 0 amide bonds. The topological polar surface area (TPSA) is 79.7 Å². The summed E-state index contributed by atoms with van der Waals surface area (Å²) in [6, 6.07) is 15.3. The maximum atomic E-state index is 13.3. The molecule has 1 atom stereocenters. The minimum atomic E-state index is -0.0305. The molecule has 0 saturated heterocycles. The number of fused-ring (bicyclic) bond motifs is 1. The summed E-state index contributed by atoms with van der Waals surface area (Å²) >= 11 is 0. The van der Waals surface area contributed by atoms with Gasteiger partial charge in [0, 0.05) is 29.6 Å². The normalized spacial score (nSPS) is 15.2. The molecule has 5 rings (SSSR count). The Morgan fingerprint density at radius 3 is 2.51 bits per heavy atom. The number of nitrogens with zero attached hydrogens (tertiary/aromatic N) is 5. The zero-order chi connectivity index (χ0) is 25.9. The van der Waals surface area contributed by atoms with Gasteiger partial charge in [0.2, 0.25) is 0 Å². The number of hydrogen-bond acceptors (Lipinski definition) is 5. The fourth-order valence-corrected chi connectivity index (χ4v) is 5.83. The van der Waals surface area contributed by atoms with Crippen molar-refractivity contribution in [2.45, 2.75) is 91.4 Å². The zero-order valence-electron chi connectivity index (χ0n) is 22.5. The van der Waals surface area contributed by atoms with Crippen molar-refractivity contribution in [1.82, 2.24) is 30.1 Å². The highest BCUT2D eigenvalue weighted by molar-refractivity contribution is 5.83. The average molecular weight is 499 g/mol. The third kappa shape index (κ3) is 5.52. The molecule has 37 heavy (non-hydrogen) atoms. The van der Waals surface area contributed by atoms with Gasteiger partial charge < -0.3 is 4.98 Å². The largest absolute Gasteiger partial charge is 0.322 e. The molecule has 1 fully saturated rings. The third-order valence-corrected chi connectivity index (χ3v) is 7.76. The number of hydrogen-bond donors (Lipinski definition) is 1. The van der Waals surface area contributed by atoms with Crippen LogP contribution in [0.25, 0.3) is 10.9 Å². The number of aromatic amines is 1. The van der Waals surface area contributed by atoms with Gasteiger partial charge >= 0.3 is 0 Å². The van der Waals surface area contributed by atoms with Gasteiger partial charge in [-0.1, -0.05) is 62.1 Å². The van der Waals surface area contributed by atoms with Crippen LogP contribution in [-0.4, -0.2) is 30.1 Å². The number of nitrogens with one attached hydrogen (secondary N) is 1. The minimum absolute atomic E-state index is 0.0103. The van der Waals surface area contributed by atoms with Crippen LogP contribution in [0.5, 0.6) is 0 Å². The molecule has 2 aromatic carbocycles. The number of H-pyrrole nitrogens is 1. The van der Waals surface area contributed by atoms with Gasteiger partial charge in [0.25, 0.3) is 5.56 Å². The summed E-state index contributed by atoms with van der Waals surface area (Å²) in [4.78, 5) is 18.8. The van der Waals surface area contributed by atoms with E-state index in [2.05, 4.69) is 94.2 Å². The Morgan fingerprint density at radius 2 is 1.78 bits per heavy atom. The van der Waals surface area contributed by atoms with E-state index < -0.39 is 0 Å². The van der Waals surface area contributed by atoms with Gasteiger partial charge in [-0.3, -0.25) is 9.69 Å². The molecule has 1 aliphatic carbocycles. The number of tetrazole rings is 1. The lowest BCUT2D eigenvalue weighted by Crippen LogP contribution is -2.33. The minimum Gasteiger partial charge on any atom is -0.322 e. The maximum Gasteiger partial charge on any atom is 0.252 e. The first-order valence-corrected chi connectivity index (χ1v) is 13.6. The molecule has 2 heterocycles. The van der Waals surface area contributed by atoms with Gasteiger partial charge in [0.1, 0.15) is 0 Å². The molecule has 7 nitrogen and oxygen atoms in total. The van der Waals surface area contributed by atoms with E-state index in [1.807, 2.05) is 6.07 Å². The Balaban J connectivity index is 1.56. The van der Waals surface area contributed by atoms with Crippen LogP contribution in [0.4, 0.5) is 0 Å². The Morgan fingerprint density at radius 1 is 1.03 bits per heavy atom. The second-order valence-electron chi connectivity index (χ2n) is 10.8. The Hall–Kier alpha value is -3.32. The maximum absolute atomic E-state index is 13.3. The number of aromatic nitrogens is 5. The van der Waals surface area contributed by atoms with Gasteiger partial charge in [-0.25, -0.2) is 4.68 Å². The smallest absolute Gasteiger partial charge is 0.252 e. The van der Waals surface area contributed by atoms with Crippen molar-refractivity contribution in [1.29, 1.82) is 0 Å². The molecule has 0 unspecified atom stereocenters. The summed E-state index contributed by atoms with van der Waals surface area (Å²) in [7, 11) is 0. The van der Waals surface area contributed by atoms with Crippen molar-refractivity contribution in [2.24, 2.45) is 0 Å². The van der Waals surface area contributed by atoms with E-state index in [1.165, 1.54) is 29.5 Å². The van der Waals surface area contributed by atoms with Gasteiger partial charge in [-0.2, -0.15) is 0 Å². The predicted molar refractivity (Wildman–Crippen MR) is 147 cm³/mol. The summed E-state index contributed by atoms with van der Waals surface area (Å²) in [5, 5.41) is 14.2. The zero-order valence-corrected chi connectivity index (χ0v) is 22.5. The van der Waals surface area contributed by atoms with Crippen LogP contribution >= 0.6 is 0 Å². The number of aryl methyl sites for hydroxylation is 3. The van der Waals surface area contributed by atoms with E-state index in [1.54, 1.807) is 0 Å². The molecule has 0 spiro atoms. The standard InChI is InChI=1S/C30H38N6O/c1-5-8-28(29-32-33-34-36(29)25-9-6-7-10-25)35(18-23-13-11-20(2)12-14-23)19-24-17-26-22(4)15-21(3)16-27(26)31-30(24)37/h11-17,25,28H,5-10,18-19H2,1-4H3,(H,31,37)/t28-/m0/s1. The Kier molecular flexibility index (Phi) is 7.51. The van der Waals surface area contributed by atoms with Crippen molar-refractivity contribution in [3.8, 4) is 0 Å². The molecule has 0 aliphatic heterocycles. The molecule has 2 aromatic heterocycles. The fourth-order valence-electron chi connectivity index (χ4n) is 5.83. The second kappa shape index (κ2) is 11.0. The van der Waals surface area contributed by atoms with Crippen LogP contribution in [0, 0.1) is 20.8 Å². The van der Waals surface area contributed by atoms with Crippen molar-refractivity contribution < 1.29 is 0 Å². The summed E-state index contributed by atoms with van der Waals surface area (Å²) in [5.41, 5.74) is 6.41. The van der Waals surface area contributed by atoms with Crippen molar-refractivity contribution in [2.75, 3.05) is 0 Å². The number of rotatable bonds is 9. The molecule has 194 valence electrons. The lowest BCUT2D eigenvalue weighted by atomic mass is 10.0. The van der Waals surface area contributed by atoms with Crippen LogP contribution in [0.2, 0.25) is 0 Å². The summed E-state index contributed by atoms with van der Waals surface area (Å²) in [6.07, 6.45) is 6.61. The van der Waals surface area contributed by atoms with E-state index in [-0.39, 0.29) is 11.6 Å². The molecule has 1 N–H and O–H groups in total. The highest BCUT2D eigenvalue weighted by Crippen LogP contribution is 2.34. The average Bonchev–Trinajstić information content (AvgIpc) is 3.56. The SMILES string of the molecule is CCC[C@@H](c1nnnn1C1CCCC1)N(Cc1ccc(C)cc1)Cc1cc2c(C)cc(C)cc2[nH]c1=O. The van der Waals surface area contributed by atoms with Crippen LogP contribution < -0.4 is 5.56 Å². The molecular formula is C30H38N6O. The number of benzene rings is 2. The van der Waals surface area contributed by atoms with E-state index in [9.17, 15) is 4.79 Å². The molecule has 4 aromatic rings. The van der Waals surface area contributed by atoms with Gasteiger partial charge in [-0.15, -0.1) is 5.10 Å². The van der Waals surface area contributed by atoms with Crippen molar-refractivity contribution in [3.63, 3.8) is 0 Å². The van der Waals surface area contributed by atoms with Crippen LogP contribution in [0.3, 0.4) is 0 Å². The van der Waals surface area contributed by atoms with Crippen molar-refractivity contribution >= 4 is 10.9 Å². The second-order valence-corrected chi connectivity index (χ2v) is 10.8. The van der Waals surface area contributed by atoms with Crippen LogP contribution in [0.15, 0.2) is 47.3 Å². The van der Waals surface area contributed by atoms with Crippen LogP contribution in [0.1, 0.15) is 91.2 Å². The summed E-state index contributed by atoms with van der Waals surface area (Å²) < 4.78 is 2.08. The van der Waals surface area contributed by atoms with E-state index >= 15 is 0 Å². The summed E-state index contributed by atoms with van der Waals surface area (Å²) in [6.45, 7) is 9.72. The summed E-state index contributed by atoms with van der Waals surface area (Å²) in [5.74, 6) is 0.921. The molecule has 7 heteroatoms. The predicted octanol–water partition coefficient (Wildman–Crippen LogP) is 6.10. The third-order valence-electron chi connectivity index (χ3n) is 7.76.